The first kappa shape index (κ1) is 20.8. The lowest BCUT2D eigenvalue weighted by molar-refractivity contribution is -0.143. The van der Waals surface area contributed by atoms with Crippen LogP contribution in [-0.4, -0.2) is 51.7 Å². The molecule has 0 heterocycles. The second kappa shape index (κ2) is 9.89. The van der Waals surface area contributed by atoms with Gasteiger partial charge < -0.3 is 19.1 Å². The lowest BCUT2D eigenvalue weighted by Crippen LogP contribution is -2.22. The van der Waals surface area contributed by atoms with E-state index in [-0.39, 0.29) is 12.2 Å². The van der Waals surface area contributed by atoms with Crippen molar-refractivity contribution in [3.63, 3.8) is 0 Å². The van der Waals surface area contributed by atoms with Crippen LogP contribution in [0.3, 0.4) is 0 Å². The third-order valence-electron chi connectivity index (χ3n) is 3.37. The van der Waals surface area contributed by atoms with Gasteiger partial charge in [-0.3, -0.25) is 4.79 Å². The Kier molecular flexibility index (Phi) is 7.90. The fourth-order valence-corrected chi connectivity index (χ4v) is 2.13. The number of esters is 1. The van der Waals surface area contributed by atoms with E-state index in [9.17, 15) is 14.9 Å². The minimum atomic E-state index is -0.524. The van der Waals surface area contributed by atoms with Gasteiger partial charge in [-0.05, 0) is 30.2 Å². The maximum absolute atomic E-state index is 12.0. The molecule has 26 heavy (non-hydrogen) atoms. The molecule has 0 saturated heterocycles. The van der Waals surface area contributed by atoms with E-state index in [2.05, 4.69) is 11.3 Å². The molecular formula is C19H22N2O5. The first-order chi connectivity index (χ1) is 12.4. The molecule has 0 saturated carbocycles. The maximum atomic E-state index is 12.0. The van der Waals surface area contributed by atoms with Gasteiger partial charge in [0.05, 0.1) is 14.2 Å². The summed E-state index contributed by atoms with van der Waals surface area (Å²) in [5.74, 6) is -0.173. The number of likely N-dealkylation sites (N-methyl/N-ethyl adjacent to an activating group) is 1. The van der Waals surface area contributed by atoms with Crippen molar-refractivity contribution in [2.45, 2.75) is 6.42 Å². The molecule has 0 radical (unpaired) electrons. The number of methoxy groups -OCH3 is 2. The SMILES string of the molecule is C=CCc1cc(/C=C(/C#N)C(=O)N(C)C)cc(OC)c1OCC(=O)OC. The van der Waals surface area contributed by atoms with Crippen molar-refractivity contribution in [2.75, 3.05) is 34.9 Å². The van der Waals surface area contributed by atoms with Crippen molar-refractivity contribution in [1.29, 1.82) is 5.26 Å². The normalized spacial score (nSPS) is 10.5. The molecule has 0 fully saturated rings. The van der Waals surface area contributed by atoms with Crippen LogP contribution >= 0.6 is 0 Å². The number of ether oxygens (including phenoxy) is 3. The molecule has 0 aliphatic carbocycles. The molecule has 138 valence electrons. The molecule has 0 N–H and O–H groups in total. The van der Waals surface area contributed by atoms with Gasteiger partial charge in [-0.25, -0.2) is 4.79 Å². The molecule has 0 aliphatic rings. The third kappa shape index (κ3) is 5.38. The highest BCUT2D eigenvalue weighted by atomic mass is 16.6. The van der Waals surface area contributed by atoms with Crippen LogP contribution < -0.4 is 9.47 Å². The van der Waals surface area contributed by atoms with Gasteiger partial charge in [0.2, 0.25) is 0 Å². The average molecular weight is 358 g/mol. The number of hydrogen-bond donors (Lipinski definition) is 0. The van der Waals surface area contributed by atoms with Crippen molar-refractivity contribution in [3.05, 3.63) is 41.5 Å². The Balaban J connectivity index is 3.38. The summed E-state index contributed by atoms with van der Waals surface area (Å²) in [6.07, 6.45) is 3.59. The lowest BCUT2D eigenvalue weighted by Gasteiger charge is -2.15. The van der Waals surface area contributed by atoms with Gasteiger partial charge >= 0.3 is 5.97 Å². The summed E-state index contributed by atoms with van der Waals surface area (Å²) in [4.78, 5) is 24.7. The molecule has 0 aliphatic heterocycles. The van der Waals surface area contributed by atoms with E-state index in [1.807, 2.05) is 6.07 Å². The predicted octanol–water partition coefficient (Wildman–Crippen LogP) is 1.97. The van der Waals surface area contributed by atoms with Gasteiger partial charge in [-0.1, -0.05) is 6.08 Å². The molecule has 7 nitrogen and oxygen atoms in total. The van der Waals surface area contributed by atoms with Crippen LogP contribution in [0.2, 0.25) is 0 Å². The topological polar surface area (TPSA) is 88.9 Å². The molecule has 0 atom stereocenters. The highest BCUT2D eigenvalue weighted by molar-refractivity contribution is 6.01. The highest BCUT2D eigenvalue weighted by Crippen LogP contribution is 2.34. The largest absolute Gasteiger partial charge is 0.493 e. The van der Waals surface area contributed by atoms with Gasteiger partial charge in [-0.15, -0.1) is 6.58 Å². The molecule has 1 aromatic carbocycles. The Hall–Kier alpha value is -3.27. The average Bonchev–Trinajstić information content (AvgIpc) is 2.63. The number of hydrogen-bond acceptors (Lipinski definition) is 6. The van der Waals surface area contributed by atoms with Crippen molar-refractivity contribution in [1.82, 2.24) is 4.90 Å². The minimum Gasteiger partial charge on any atom is -0.493 e. The predicted molar refractivity (Wildman–Crippen MR) is 96.7 cm³/mol. The number of benzene rings is 1. The number of rotatable bonds is 8. The molecule has 0 bridgehead atoms. The maximum Gasteiger partial charge on any atom is 0.343 e. The molecule has 7 heteroatoms. The van der Waals surface area contributed by atoms with Gasteiger partial charge in [0.1, 0.15) is 11.6 Å². The van der Waals surface area contributed by atoms with E-state index in [4.69, 9.17) is 9.47 Å². The molecule has 0 unspecified atom stereocenters. The van der Waals surface area contributed by atoms with E-state index < -0.39 is 11.9 Å². The lowest BCUT2D eigenvalue weighted by atomic mass is 10.0. The Labute approximate surface area is 153 Å². The van der Waals surface area contributed by atoms with Crippen LogP contribution in [0.25, 0.3) is 6.08 Å². The molecule has 1 aromatic rings. The number of carbonyl (C=O) groups is 2. The Morgan fingerprint density at radius 3 is 2.50 bits per heavy atom. The first-order valence-corrected chi connectivity index (χ1v) is 7.72. The van der Waals surface area contributed by atoms with Crippen LogP contribution in [0.5, 0.6) is 11.5 Å². The zero-order valence-electron chi connectivity index (χ0n) is 15.4. The number of nitriles is 1. The van der Waals surface area contributed by atoms with E-state index in [0.29, 0.717) is 29.0 Å². The fourth-order valence-electron chi connectivity index (χ4n) is 2.13. The van der Waals surface area contributed by atoms with Crippen molar-refractivity contribution in [3.8, 4) is 17.6 Å². The second-order valence-corrected chi connectivity index (χ2v) is 5.44. The molecule has 0 spiro atoms. The zero-order chi connectivity index (χ0) is 19.7. The summed E-state index contributed by atoms with van der Waals surface area (Å²) in [5.41, 5.74) is 1.28. The minimum absolute atomic E-state index is 0.00941. The Morgan fingerprint density at radius 2 is 2.00 bits per heavy atom. The van der Waals surface area contributed by atoms with E-state index >= 15 is 0 Å². The number of nitrogens with zero attached hydrogens (tertiary/aromatic N) is 2. The summed E-state index contributed by atoms with van der Waals surface area (Å²) in [6, 6.07) is 5.27. The quantitative estimate of drug-likeness (QED) is 0.305. The number of amides is 1. The van der Waals surface area contributed by atoms with Gasteiger partial charge in [0.15, 0.2) is 18.1 Å². The van der Waals surface area contributed by atoms with Crippen LogP contribution in [0.1, 0.15) is 11.1 Å². The van der Waals surface area contributed by atoms with Crippen LogP contribution in [0.4, 0.5) is 0 Å². The molecule has 1 rings (SSSR count). The summed E-state index contributed by atoms with van der Waals surface area (Å²) in [7, 11) is 5.87. The Bertz CT molecular complexity index is 760. The first-order valence-electron chi connectivity index (χ1n) is 7.72. The molecular weight excluding hydrogens is 336 g/mol. The summed E-state index contributed by atoms with van der Waals surface area (Å²) in [6.45, 7) is 3.44. The van der Waals surface area contributed by atoms with E-state index in [1.54, 1.807) is 32.3 Å². The monoisotopic (exact) mass is 358 g/mol. The fraction of sp³-hybridized carbons (Fsp3) is 0.316. The van der Waals surface area contributed by atoms with Crippen LogP contribution in [0.15, 0.2) is 30.4 Å². The van der Waals surface area contributed by atoms with Crippen LogP contribution in [-0.2, 0) is 20.7 Å². The van der Waals surface area contributed by atoms with Gasteiger partial charge in [0, 0.05) is 19.7 Å². The summed E-state index contributed by atoms with van der Waals surface area (Å²) in [5, 5.41) is 9.24. The van der Waals surface area contributed by atoms with E-state index in [1.165, 1.54) is 25.2 Å². The molecule has 1 amide bonds. The van der Waals surface area contributed by atoms with E-state index in [0.717, 1.165) is 0 Å². The highest BCUT2D eigenvalue weighted by Gasteiger charge is 2.16. The van der Waals surface area contributed by atoms with Gasteiger partial charge in [0.25, 0.3) is 5.91 Å². The van der Waals surface area contributed by atoms with Crippen molar-refractivity contribution >= 4 is 18.0 Å². The van der Waals surface area contributed by atoms with Gasteiger partial charge in [-0.2, -0.15) is 5.26 Å². The smallest absolute Gasteiger partial charge is 0.343 e. The molecule has 0 aromatic heterocycles. The third-order valence-corrected chi connectivity index (χ3v) is 3.37. The standard InChI is InChI=1S/C19H22N2O5/c1-6-7-14-8-13(9-15(11-20)19(23)21(2)3)10-16(24-4)18(14)26-12-17(22)25-5/h6,8-10H,1,7,12H2,2-5H3/b15-9-. The van der Waals surface area contributed by atoms with Crippen LogP contribution in [0, 0.1) is 11.3 Å². The number of carbonyl (C=O) groups excluding carboxylic acids is 2. The van der Waals surface area contributed by atoms with Crippen molar-refractivity contribution < 1.29 is 23.8 Å². The zero-order valence-corrected chi connectivity index (χ0v) is 15.4. The Morgan fingerprint density at radius 1 is 1.31 bits per heavy atom. The second-order valence-electron chi connectivity index (χ2n) is 5.44. The summed E-state index contributed by atoms with van der Waals surface area (Å²) < 4.78 is 15.4. The number of allylic oxidation sites excluding steroid dienone is 1. The summed E-state index contributed by atoms with van der Waals surface area (Å²) >= 11 is 0. The van der Waals surface area contributed by atoms with Crippen molar-refractivity contribution in [2.24, 2.45) is 0 Å².